The molecule has 1 rings (SSSR count). The van der Waals surface area contributed by atoms with Gasteiger partial charge >= 0.3 is 0 Å². The maximum Gasteiger partial charge on any atom is 0.287 e. The fourth-order valence-electron chi connectivity index (χ4n) is 0.900. The first kappa shape index (κ1) is 11.9. The standard InChI is InChI=1S/C8H10N4O4/c9-8(14)6(13)4-11-7-2-1-5(3-10-7)12(15)16/h1-3,6,13H,4H2,(H2,9,14)(H,10,11). The van der Waals surface area contributed by atoms with Crippen LogP contribution in [0.25, 0.3) is 0 Å². The highest BCUT2D eigenvalue weighted by Gasteiger charge is 2.11. The topological polar surface area (TPSA) is 131 Å². The minimum Gasteiger partial charge on any atom is -0.381 e. The van der Waals surface area contributed by atoms with E-state index in [4.69, 9.17) is 10.8 Å². The van der Waals surface area contributed by atoms with Crippen LogP contribution in [0.1, 0.15) is 0 Å². The summed E-state index contributed by atoms with van der Waals surface area (Å²) in [7, 11) is 0. The second kappa shape index (κ2) is 5.03. The van der Waals surface area contributed by atoms with Gasteiger partial charge in [0, 0.05) is 6.07 Å². The molecule has 0 aliphatic carbocycles. The van der Waals surface area contributed by atoms with Gasteiger partial charge in [-0.1, -0.05) is 0 Å². The van der Waals surface area contributed by atoms with Crippen LogP contribution < -0.4 is 11.1 Å². The van der Waals surface area contributed by atoms with Crippen LogP contribution in [0.5, 0.6) is 0 Å². The van der Waals surface area contributed by atoms with Crippen molar-refractivity contribution in [3.63, 3.8) is 0 Å². The predicted octanol–water partition coefficient (Wildman–Crippen LogP) is -0.752. The summed E-state index contributed by atoms with van der Waals surface area (Å²) in [5.74, 6) is -0.541. The summed E-state index contributed by atoms with van der Waals surface area (Å²) in [6.07, 6.45) is -0.254. The molecule has 1 unspecified atom stereocenters. The monoisotopic (exact) mass is 226 g/mol. The Hall–Kier alpha value is -2.22. The van der Waals surface area contributed by atoms with Crippen LogP contribution in [-0.2, 0) is 4.79 Å². The van der Waals surface area contributed by atoms with Crippen molar-refractivity contribution in [2.75, 3.05) is 11.9 Å². The van der Waals surface area contributed by atoms with Gasteiger partial charge in [0.1, 0.15) is 18.1 Å². The maximum absolute atomic E-state index is 10.5. The molecule has 86 valence electrons. The van der Waals surface area contributed by atoms with Gasteiger partial charge in [0.15, 0.2) is 0 Å². The van der Waals surface area contributed by atoms with Crippen molar-refractivity contribution >= 4 is 17.4 Å². The number of nitro groups is 1. The lowest BCUT2D eigenvalue weighted by atomic mass is 10.3. The first-order valence-electron chi connectivity index (χ1n) is 4.32. The van der Waals surface area contributed by atoms with Gasteiger partial charge < -0.3 is 16.2 Å². The van der Waals surface area contributed by atoms with Crippen molar-refractivity contribution in [3.05, 3.63) is 28.4 Å². The highest BCUT2D eigenvalue weighted by atomic mass is 16.6. The van der Waals surface area contributed by atoms with Crippen molar-refractivity contribution in [1.82, 2.24) is 4.98 Å². The normalized spacial score (nSPS) is 11.8. The van der Waals surface area contributed by atoms with E-state index in [1.807, 2.05) is 0 Å². The molecule has 0 saturated carbocycles. The molecule has 0 radical (unpaired) electrons. The molecule has 0 bridgehead atoms. The minimum absolute atomic E-state index is 0.0971. The van der Waals surface area contributed by atoms with E-state index >= 15 is 0 Å². The van der Waals surface area contributed by atoms with E-state index in [1.165, 1.54) is 12.1 Å². The molecule has 0 spiro atoms. The Morgan fingerprint density at radius 2 is 2.38 bits per heavy atom. The Bertz CT molecular complexity index is 392. The first-order chi connectivity index (χ1) is 7.50. The number of amides is 1. The number of carbonyl (C=O) groups excluding carboxylic acids is 1. The number of carbonyl (C=O) groups is 1. The average Bonchev–Trinajstić information content (AvgIpc) is 2.26. The number of aliphatic hydroxyl groups is 1. The Morgan fingerprint density at radius 3 is 2.81 bits per heavy atom. The van der Waals surface area contributed by atoms with E-state index in [2.05, 4.69) is 10.3 Å². The van der Waals surface area contributed by atoms with Crippen molar-refractivity contribution in [3.8, 4) is 0 Å². The Kier molecular flexibility index (Phi) is 3.72. The molecule has 1 aromatic heterocycles. The molecule has 1 atom stereocenters. The Labute approximate surface area is 90.2 Å². The molecule has 4 N–H and O–H groups in total. The molecule has 0 aromatic carbocycles. The highest BCUT2D eigenvalue weighted by Crippen LogP contribution is 2.11. The van der Waals surface area contributed by atoms with Gasteiger partial charge in [0.25, 0.3) is 5.69 Å². The average molecular weight is 226 g/mol. The van der Waals surface area contributed by atoms with Crippen LogP contribution in [0.4, 0.5) is 11.5 Å². The summed E-state index contributed by atoms with van der Waals surface area (Å²) in [4.78, 5) is 23.9. The maximum atomic E-state index is 10.5. The predicted molar refractivity (Wildman–Crippen MR) is 54.6 cm³/mol. The number of pyridine rings is 1. The van der Waals surface area contributed by atoms with E-state index in [0.717, 1.165) is 6.20 Å². The van der Waals surface area contributed by atoms with Gasteiger partial charge in [-0.25, -0.2) is 4.98 Å². The van der Waals surface area contributed by atoms with Gasteiger partial charge in [0.2, 0.25) is 5.91 Å². The minimum atomic E-state index is -1.32. The summed E-state index contributed by atoms with van der Waals surface area (Å²) in [5.41, 5.74) is 4.69. The zero-order valence-electron chi connectivity index (χ0n) is 8.16. The quantitative estimate of drug-likeness (QED) is 0.447. The summed E-state index contributed by atoms with van der Waals surface area (Å²) in [6.45, 7) is -0.0971. The van der Waals surface area contributed by atoms with E-state index in [-0.39, 0.29) is 12.2 Å². The van der Waals surface area contributed by atoms with E-state index in [1.54, 1.807) is 0 Å². The number of hydrogen-bond acceptors (Lipinski definition) is 6. The Balaban J connectivity index is 2.56. The Morgan fingerprint density at radius 1 is 1.69 bits per heavy atom. The number of rotatable bonds is 5. The number of anilines is 1. The van der Waals surface area contributed by atoms with Crippen LogP contribution in [0, 0.1) is 10.1 Å². The summed E-state index contributed by atoms with van der Waals surface area (Å²) < 4.78 is 0. The second-order valence-electron chi connectivity index (χ2n) is 2.96. The summed E-state index contributed by atoms with van der Waals surface area (Å²) in [5, 5.41) is 22.0. The lowest BCUT2D eigenvalue weighted by Gasteiger charge is -2.08. The largest absolute Gasteiger partial charge is 0.381 e. The lowest BCUT2D eigenvalue weighted by Crippen LogP contribution is -2.34. The highest BCUT2D eigenvalue weighted by molar-refractivity contribution is 5.79. The van der Waals surface area contributed by atoms with Gasteiger partial charge in [-0.2, -0.15) is 0 Å². The van der Waals surface area contributed by atoms with Crippen molar-refractivity contribution in [2.24, 2.45) is 5.73 Å². The van der Waals surface area contributed by atoms with Gasteiger partial charge in [-0.15, -0.1) is 0 Å². The molecule has 8 heteroatoms. The number of hydrogen-bond donors (Lipinski definition) is 3. The number of aromatic nitrogens is 1. The molecule has 1 heterocycles. The van der Waals surface area contributed by atoms with Gasteiger partial charge in [-0.3, -0.25) is 14.9 Å². The van der Waals surface area contributed by atoms with Crippen molar-refractivity contribution in [2.45, 2.75) is 6.10 Å². The number of nitrogens with one attached hydrogen (secondary N) is 1. The van der Waals surface area contributed by atoms with Crippen LogP contribution in [0.2, 0.25) is 0 Å². The van der Waals surface area contributed by atoms with Gasteiger partial charge in [-0.05, 0) is 6.07 Å². The number of aliphatic hydroxyl groups excluding tert-OH is 1. The second-order valence-corrected chi connectivity index (χ2v) is 2.96. The van der Waals surface area contributed by atoms with E-state index in [0.29, 0.717) is 5.82 Å². The molecule has 1 amide bonds. The molecule has 8 nitrogen and oxygen atoms in total. The lowest BCUT2D eigenvalue weighted by molar-refractivity contribution is -0.385. The third kappa shape index (κ3) is 3.17. The fraction of sp³-hybridized carbons (Fsp3) is 0.250. The van der Waals surface area contributed by atoms with Crippen LogP contribution in [0.15, 0.2) is 18.3 Å². The van der Waals surface area contributed by atoms with E-state index < -0.39 is 16.9 Å². The smallest absolute Gasteiger partial charge is 0.287 e. The number of primary amides is 1. The van der Waals surface area contributed by atoms with Crippen molar-refractivity contribution in [1.29, 1.82) is 0 Å². The van der Waals surface area contributed by atoms with Crippen LogP contribution in [0.3, 0.4) is 0 Å². The van der Waals surface area contributed by atoms with Crippen LogP contribution in [-0.4, -0.2) is 33.6 Å². The molecular formula is C8H10N4O4. The zero-order chi connectivity index (χ0) is 12.1. The molecular weight excluding hydrogens is 216 g/mol. The molecule has 16 heavy (non-hydrogen) atoms. The number of nitrogens with two attached hydrogens (primary N) is 1. The van der Waals surface area contributed by atoms with Crippen molar-refractivity contribution < 1.29 is 14.8 Å². The molecule has 0 saturated heterocycles. The fourth-order valence-corrected chi connectivity index (χ4v) is 0.900. The SMILES string of the molecule is NC(=O)C(O)CNc1ccc([N+](=O)[O-])cn1. The van der Waals surface area contributed by atoms with E-state index in [9.17, 15) is 14.9 Å². The number of nitrogens with zero attached hydrogens (tertiary/aromatic N) is 2. The van der Waals surface area contributed by atoms with Crippen LogP contribution >= 0.6 is 0 Å². The molecule has 0 aliphatic heterocycles. The third-order valence-electron chi connectivity index (χ3n) is 1.76. The molecule has 0 aliphatic rings. The summed E-state index contributed by atoms with van der Waals surface area (Å²) >= 11 is 0. The summed E-state index contributed by atoms with van der Waals surface area (Å²) in [6, 6.07) is 2.62. The first-order valence-corrected chi connectivity index (χ1v) is 4.32. The zero-order valence-corrected chi connectivity index (χ0v) is 8.16. The molecule has 0 fully saturated rings. The molecule has 1 aromatic rings. The third-order valence-corrected chi connectivity index (χ3v) is 1.76. The van der Waals surface area contributed by atoms with Gasteiger partial charge in [0.05, 0.1) is 11.5 Å².